The van der Waals surface area contributed by atoms with E-state index in [0.717, 1.165) is 35.0 Å². The lowest BCUT2D eigenvalue weighted by Gasteiger charge is -2.28. The van der Waals surface area contributed by atoms with E-state index in [9.17, 15) is 9.90 Å². The van der Waals surface area contributed by atoms with Gasteiger partial charge < -0.3 is 14.8 Å². The van der Waals surface area contributed by atoms with Crippen molar-refractivity contribution < 1.29 is 9.84 Å². The van der Waals surface area contributed by atoms with Crippen molar-refractivity contribution in [3.8, 4) is 0 Å². The summed E-state index contributed by atoms with van der Waals surface area (Å²) >= 11 is 1.65. The van der Waals surface area contributed by atoms with Crippen LogP contribution in [0, 0.1) is 0 Å². The Morgan fingerprint density at radius 1 is 1.27 bits per heavy atom. The van der Waals surface area contributed by atoms with Crippen LogP contribution in [0.1, 0.15) is 42.1 Å². The van der Waals surface area contributed by atoms with Gasteiger partial charge in [0.1, 0.15) is 10.7 Å². The average Bonchev–Trinajstić information content (AvgIpc) is 3.29. The molecule has 0 spiro atoms. The molecule has 0 fully saturated rings. The Balaban J connectivity index is 1.39. The van der Waals surface area contributed by atoms with Gasteiger partial charge in [0.25, 0.3) is 5.56 Å². The number of H-pyrrole nitrogens is 1. The van der Waals surface area contributed by atoms with Crippen molar-refractivity contribution in [2.24, 2.45) is 0 Å². The quantitative estimate of drug-likeness (QED) is 0.548. The second-order valence-electron chi connectivity index (χ2n) is 8.23. The predicted octanol–water partition coefficient (Wildman–Crippen LogP) is 3.26. The summed E-state index contributed by atoms with van der Waals surface area (Å²) in [5, 5.41) is 11.3. The maximum absolute atomic E-state index is 12.7. The number of benzene rings is 1. The van der Waals surface area contributed by atoms with Crippen LogP contribution in [0.2, 0.25) is 0 Å². The molecule has 2 heterocycles. The first-order valence-electron chi connectivity index (χ1n) is 10.6. The number of fused-ring (bicyclic) bond motifs is 3. The molecule has 6 nitrogen and oxygen atoms in total. The van der Waals surface area contributed by atoms with Crippen LogP contribution in [0.3, 0.4) is 0 Å². The van der Waals surface area contributed by atoms with E-state index in [-0.39, 0.29) is 18.2 Å². The summed E-state index contributed by atoms with van der Waals surface area (Å²) in [5.74, 6) is 0.651. The van der Waals surface area contributed by atoms with Gasteiger partial charge in [-0.25, -0.2) is 4.98 Å². The topological polar surface area (TPSA) is 78.5 Å². The van der Waals surface area contributed by atoms with Crippen molar-refractivity contribution >= 4 is 21.6 Å². The molecule has 1 aliphatic carbocycles. The van der Waals surface area contributed by atoms with E-state index in [1.165, 1.54) is 10.4 Å². The minimum atomic E-state index is -0.614. The fourth-order valence-corrected chi connectivity index (χ4v) is 5.26. The molecule has 160 valence electrons. The zero-order chi connectivity index (χ0) is 21.1. The van der Waals surface area contributed by atoms with Crippen molar-refractivity contribution in [2.45, 2.75) is 58.4 Å². The molecule has 30 heavy (non-hydrogen) atoms. The number of aromatic amines is 1. The molecule has 0 bridgehead atoms. The van der Waals surface area contributed by atoms with Crippen molar-refractivity contribution in [3.63, 3.8) is 0 Å². The van der Waals surface area contributed by atoms with Crippen molar-refractivity contribution in [3.05, 3.63) is 62.5 Å². The zero-order valence-corrected chi connectivity index (χ0v) is 18.4. The number of nitrogens with one attached hydrogen (secondary N) is 1. The SMILES string of the molecule is CC(C)N(Cc1nc2sc3c(c2c(=O)[nH]1)CCC3)CC(O)COCc1ccccc1. The summed E-state index contributed by atoms with van der Waals surface area (Å²) in [5.41, 5.74) is 2.25. The normalized spacial score (nSPS) is 14.7. The first-order valence-corrected chi connectivity index (χ1v) is 11.4. The Morgan fingerprint density at radius 2 is 2.07 bits per heavy atom. The van der Waals surface area contributed by atoms with Crippen LogP contribution in [0.25, 0.3) is 10.2 Å². The molecule has 7 heteroatoms. The second kappa shape index (κ2) is 9.39. The number of hydrogen-bond acceptors (Lipinski definition) is 6. The van der Waals surface area contributed by atoms with Crippen molar-refractivity contribution in [1.82, 2.24) is 14.9 Å². The highest BCUT2D eigenvalue weighted by Crippen LogP contribution is 2.34. The summed E-state index contributed by atoms with van der Waals surface area (Å²) in [6.07, 6.45) is 2.55. The third kappa shape index (κ3) is 4.81. The number of aromatic nitrogens is 2. The van der Waals surface area contributed by atoms with E-state index in [0.29, 0.717) is 25.5 Å². The summed E-state index contributed by atoms with van der Waals surface area (Å²) < 4.78 is 5.68. The predicted molar refractivity (Wildman–Crippen MR) is 120 cm³/mol. The number of aliphatic hydroxyl groups excluding tert-OH is 1. The lowest BCUT2D eigenvalue weighted by atomic mass is 10.2. The number of ether oxygens (including phenoxy) is 1. The van der Waals surface area contributed by atoms with E-state index in [4.69, 9.17) is 9.72 Å². The van der Waals surface area contributed by atoms with Crippen LogP contribution in [-0.4, -0.2) is 45.3 Å². The molecule has 1 aliphatic rings. The van der Waals surface area contributed by atoms with Gasteiger partial charge in [-0.15, -0.1) is 11.3 Å². The lowest BCUT2D eigenvalue weighted by Crippen LogP contribution is -2.39. The molecule has 1 unspecified atom stereocenters. The Labute approximate surface area is 180 Å². The standard InChI is InChI=1S/C23H29N3O3S/c1-15(2)26(11-17(27)14-29-13-16-7-4-3-5-8-16)12-20-24-22(28)21-18-9-6-10-19(18)30-23(21)25-20/h3-5,7-8,15,17,27H,6,9-14H2,1-2H3,(H,24,25,28). The van der Waals surface area contributed by atoms with E-state index in [1.54, 1.807) is 11.3 Å². The van der Waals surface area contributed by atoms with E-state index < -0.39 is 6.10 Å². The number of thiophene rings is 1. The summed E-state index contributed by atoms with van der Waals surface area (Å²) in [6, 6.07) is 10.1. The fourth-order valence-electron chi connectivity index (χ4n) is 3.98. The molecule has 0 aliphatic heterocycles. The third-order valence-corrected chi connectivity index (χ3v) is 6.76. The molecule has 0 saturated carbocycles. The summed E-state index contributed by atoms with van der Waals surface area (Å²) in [7, 11) is 0. The summed E-state index contributed by atoms with van der Waals surface area (Å²) in [6.45, 7) is 5.84. The molecular formula is C23H29N3O3S. The van der Waals surface area contributed by atoms with Gasteiger partial charge in [-0.1, -0.05) is 30.3 Å². The number of rotatable bonds is 9. The van der Waals surface area contributed by atoms with Crippen LogP contribution in [0.5, 0.6) is 0 Å². The van der Waals surface area contributed by atoms with E-state index in [1.807, 2.05) is 30.3 Å². The van der Waals surface area contributed by atoms with Gasteiger partial charge >= 0.3 is 0 Å². The maximum Gasteiger partial charge on any atom is 0.259 e. The lowest BCUT2D eigenvalue weighted by molar-refractivity contribution is 0.00267. The van der Waals surface area contributed by atoms with E-state index >= 15 is 0 Å². The molecular weight excluding hydrogens is 398 g/mol. The number of aryl methyl sites for hydroxylation is 2. The number of nitrogens with zero attached hydrogens (tertiary/aromatic N) is 2. The van der Waals surface area contributed by atoms with Crippen LogP contribution in [0.4, 0.5) is 0 Å². The van der Waals surface area contributed by atoms with Crippen LogP contribution >= 0.6 is 11.3 Å². The number of aliphatic hydroxyl groups is 1. The van der Waals surface area contributed by atoms with Gasteiger partial charge in [-0.05, 0) is 44.2 Å². The van der Waals surface area contributed by atoms with Gasteiger partial charge in [-0.2, -0.15) is 0 Å². The Kier molecular flexibility index (Phi) is 6.63. The Morgan fingerprint density at radius 3 is 2.83 bits per heavy atom. The molecule has 3 aromatic rings. The van der Waals surface area contributed by atoms with Gasteiger partial charge in [0, 0.05) is 17.5 Å². The van der Waals surface area contributed by atoms with Crippen molar-refractivity contribution in [2.75, 3.05) is 13.2 Å². The highest BCUT2D eigenvalue weighted by Gasteiger charge is 2.22. The third-order valence-electron chi connectivity index (χ3n) is 5.57. The second-order valence-corrected chi connectivity index (χ2v) is 9.31. The summed E-state index contributed by atoms with van der Waals surface area (Å²) in [4.78, 5) is 24.7. The maximum atomic E-state index is 12.7. The molecule has 4 rings (SSSR count). The first kappa shape index (κ1) is 21.2. The fraction of sp³-hybridized carbons (Fsp3) is 0.478. The van der Waals surface area contributed by atoms with Gasteiger partial charge in [0.2, 0.25) is 0 Å². The van der Waals surface area contributed by atoms with Crippen LogP contribution in [-0.2, 0) is 30.7 Å². The molecule has 0 radical (unpaired) electrons. The minimum Gasteiger partial charge on any atom is -0.389 e. The first-order chi connectivity index (χ1) is 14.5. The Hall–Kier alpha value is -2.06. The monoisotopic (exact) mass is 427 g/mol. The largest absolute Gasteiger partial charge is 0.389 e. The van der Waals surface area contributed by atoms with Gasteiger partial charge in [-0.3, -0.25) is 9.69 Å². The molecule has 2 aromatic heterocycles. The Bertz CT molecular complexity index is 1050. The molecule has 0 saturated heterocycles. The van der Waals surface area contributed by atoms with E-state index in [2.05, 4.69) is 23.7 Å². The van der Waals surface area contributed by atoms with Gasteiger partial charge in [0.15, 0.2) is 0 Å². The highest BCUT2D eigenvalue weighted by atomic mass is 32.1. The smallest absolute Gasteiger partial charge is 0.259 e. The zero-order valence-electron chi connectivity index (χ0n) is 17.6. The van der Waals surface area contributed by atoms with Crippen molar-refractivity contribution in [1.29, 1.82) is 0 Å². The molecule has 1 atom stereocenters. The molecule has 0 amide bonds. The highest BCUT2D eigenvalue weighted by molar-refractivity contribution is 7.18. The van der Waals surface area contributed by atoms with Gasteiger partial charge in [0.05, 0.1) is 31.2 Å². The molecule has 1 aromatic carbocycles. The molecule has 2 N–H and O–H groups in total. The van der Waals surface area contributed by atoms with Crippen LogP contribution in [0.15, 0.2) is 35.1 Å². The number of hydrogen-bond donors (Lipinski definition) is 2. The minimum absolute atomic E-state index is 0.0372. The van der Waals surface area contributed by atoms with Crippen LogP contribution < -0.4 is 5.56 Å². The average molecular weight is 428 g/mol.